The summed E-state index contributed by atoms with van der Waals surface area (Å²) in [5.41, 5.74) is 1.18. The molecule has 0 heterocycles. The van der Waals surface area contributed by atoms with Gasteiger partial charge < -0.3 is 10.2 Å². The van der Waals surface area contributed by atoms with Gasteiger partial charge in [-0.05, 0) is 51.7 Å². The molecule has 1 aromatic rings. The quantitative estimate of drug-likeness (QED) is 0.738. The lowest BCUT2D eigenvalue weighted by atomic mass is 10.2. The van der Waals surface area contributed by atoms with E-state index in [9.17, 15) is 0 Å². The molecule has 0 atom stereocenters. The zero-order valence-corrected chi connectivity index (χ0v) is 10.9. The van der Waals surface area contributed by atoms with Crippen molar-refractivity contribution in [2.24, 2.45) is 0 Å². The minimum absolute atomic E-state index is 0.850. The zero-order valence-electron chi connectivity index (χ0n) is 10.2. The van der Waals surface area contributed by atoms with Crippen LogP contribution in [0.3, 0.4) is 0 Å². The van der Waals surface area contributed by atoms with Crippen molar-refractivity contribution in [3.05, 3.63) is 34.9 Å². The fourth-order valence-corrected chi connectivity index (χ4v) is 1.75. The van der Waals surface area contributed by atoms with Crippen LogP contribution in [0.15, 0.2) is 24.3 Å². The monoisotopic (exact) mass is 240 g/mol. The maximum absolute atomic E-state index is 6.06. The molecule has 1 rings (SSSR count). The van der Waals surface area contributed by atoms with Crippen molar-refractivity contribution in [3.63, 3.8) is 0 Å². The average molecular weight is 241 g/mol. The van der Waals surface area contributed by atoms with Gasteiger partial charge in [-0.2, -0.15) is 0 Å². The van der Waals surface area contributed by atoms with Crippen LogP contribution in [-0.2, 0) is 6.54 Å². The van der Waals surface area contributed by atoms with Gasteiger partial charge in [0.05, 0.1) is 0 Å². The van der Waals surface area contributed by atoms with Gasteiger partial charge in [-0.15, -0.1) is 0 Å². The van der Waals surface area contributed by atoms with E-state index < -0.39 is 0 Å². The van der Waals surface area contributed by atoms with Crippen molar-refractivity contribution in [2.75, 3.05) is 27.2 Å². The number of hydrogen-bond acceptors (Lipinski definition) is 2. The van der Waals surface area contributed by atoms with E-state index in [0.717, 1.165) is 24.7 Å². The molecule has 0 amide bonds. The van der Waals surface area contributed by atoms with Crippen LogP contribution in [0, 0.1) is 0 Å². The number of benzene rings is 1. The van der Waals surface area contributed by atoms with E-state index in [-0.39, 0.29) is 0 Å². The van der Waals surface area contributed by atoms with E-state index in [0.29, 0.717) is 0 Å². The molecule has 3 heteroatoms. The fourth-order valence-electron chi connectivity index (χ4n) is 1.54. The second kappa shape index (κ2) is 7.66. The van der Waals surface area contributed by atoms with Gasteiger partial charge in [0.15, 0.2) is 0 Å². The second-order valence-corrected chi connectivity index (χ2v) is 4.69. The Bertz CT molecular complexity index is 300. The van der Waals surface area contributed by atoms with Crippen molar-refractivity contribution >= 4 is 11.6 Å². The highest BCUT2D eigenvalue weighted by molar-refractivity contribution is 6.31. The molecular formula is C13H21ClN2. The zero-order chi connectivity index (χ0) is 11.8. The number of unbranched alkanes of at least 4 members (excludes halogenated alkanes) is 1. The molecule has 1 N–H and O–H groups in total. The molecule has 0 bridgehead atoms. The molecular weight excluding hydrogens is 220 g/mol. The van der Waals surface area contributed by atoms with Crippen LogP contribution >= 0.6 is 11.6 Å². The smallest absolute Gasteiger partial charge is 0.0450 e. The van der Waals surface area contributed by atoms with Gasteiger partial charge in [0.25, 0.3) is 0 Å². The molecule has 1 aromatic carbocycles. The summed E-state index contributed by atoms with van der Waals surface area (Å²) in [5, 5.41) is 4.26. The predicted octanol–water partition coefficient (Wildman–Crippen LogP) is 2.77. The highest BCUT2D eigenvalue weighted by Gasteiger charge is 1.97. The maximum Gasteiger partial charge on any atom is 0.0450 e. The van der Waals surface area contributed by atoms with Crippen molar-refractivity contribution < 1.29 is 0 Å². The van der Waals surface area contributed by atoms with E-state index in [1.807, 2.05) is 18.2 Å². The third-order valence-electron chi connectivity index (χ3n) is 2.48. The Kier molecular flexibility index (Phi) is 6.46. The topological polar surface area (TPSA) is 15.3 Å². The first kappa shape index (κ1) is 13.5. The lowest BCUT2D eigenvalue weighted by Gasteiger charge is -2.09. The predicted molar refractivity (Wildman–Crippen MR) is 70.9 cm³/mol. The molecule has 0 aromatic heterocycles. The number of hydrogen-bond donors (Lipinski definition) is 1. The van der Waals surface area contributed by atoms with E-state index in [1.54, 1.807) is 0 Å². The first-order chi connectivity index (χ1) is 7.70. The molecule has 0 unspecified atom stereocenters. The largest absolute Gasteiger partial charge is 0.313 e. The summed E-state index contributed by atoms with van der Waals surface area (Å²) in [5.74, 6) is 0. The fraction of sp³-hybridized carbons (Fsp3) is 0.538. The number of halogens is 1. The summed E-state index contributed by atoms with van der Waals surface area (Å²) in [4.78, 5) is 2.22. The van der Waals surface area contributed by atoms with Crippen LogP contribution in [0.1, 0.15) is 18.4 Å². The van der Waals surface area contributed by atoms with Crippen molar-refractivity contribution in [1.29, 1.82) is 0 Å². The Hall–Kier alpha value is -0.570. The third kappa shape index (κ3) is 5.50. The molecule has 0 saturated heterocycles. The first-order valence-corrected chi connectivity index (χ1v) is 6.17. The van der Waals surface area contributed by atoms with Gasteiger partial charge in [-0.25, -0.2) is 0 Å². The molecule has 0 aliphatic heterocycles. The highest BCUT2D eigenvalue weighted by atomic mass is 35.5. The number of rotatable bonds is 7. The van der Waals surface area contributed by atoms with Gasteiger partial charge in [0, 0.05) is 11.6 Å². The minimum Gasteiger partial charge on any atom is -0.313 e. The van der Waals surface area contributed by atoms with Gasteiger partial charge in [-0.1, -0.05) is 29.8 Å². The number of nitrogens with one attached hydrogen (secondary N) is 1. The molecule has 0 fully saturated rings. The van der Waals surface area contributed by atoms with E-state index >= 15 is 0 Å². The minimum atomic E-state index is 0.850. The van der Waals surface area contributed by atoms with Gasteiger partial charge in [-0.3, -0.25) is 0 Å². The number of nitrogens with zero attached hydrogens (tertiary/aromatic N) is 1. The summed E-state index contributed by atoms with van der Waals surface area (Å²) in [6.45, 7) is 3.08. The molecule has 0 spiro atoms. The van der Waals surface area contributed by atoms with Crippen LogP contribution in [0.2, 0.25) is 5.02 Å². The van der Waals surface area contributed by atoms with Crippen LogP contribution < -0.4 is 5.32 Å². The molecule has 16 heavy (non-hydrogen) atoms. The second-order valence-electron chi connectivity index (χ2n) is 4.28. The lowest BCUT2D eigenvalue weighted by molar-refractivity contribution is 0.391. The molecule has 0 aliphatic rings. The van der Waals surface area contributed by atoms with E-state index in [2.05, 4.69) is 30.4 Å². The molecule has 0 radical (unpaired) electrons. The lowest BCUT2D eigenvalue weighted by Crippen LogP contribution is -2.18. The molecule has 0 saturated carbocycles. The normalized spacial score (nSPS) is 11.0. The Morgan fingerprint density at radius 1 is 1.19 bits per heavy atom. The molecule has 90 valence electrons. The Morgan fingerprint density at radius 2 is 1.94 bits per heavy atom. The average Bonchev–Trinajstić information content (AvgIpc) is 2.25. The SMILES string of the molecule is CN(C)CCCCNCc1ccccc1Cl. The molecule has 0 aliphatic carbocycles. The van der Waals surface area contributed by atoms with Crippen LogP contribution in [0.4, 0.5) is 0 Å². The summed E-state index contributed by atoms with van der Waals surface area (Å²) < 4.78 is 0. The summed E-state index contributed by atoms with van der Waals surface area (Å²) >= 11 is 6.06. The Balaban J connectivity index is 2.10. The van der Waals surface area contributed by atoms with Gasteiger partial charge in [0.1, 0.15) is 0 Å². The van der Waals surface area contributed by atoms with Gasteiger partial charge in [0.2, 0.25) is 0 Å². The highest BCUT2D eigenvalue weighted by Crippen LogP contribution is 2.14. The standard InChI is InChI=1S/C13H21ClN2/c1-16(2)10-6-5-9-15-11-12-7-3-4-8-13(12)14/h3-4,7-8,15H,5-6,9-11H2,1-2H3. The van der Waals surface area contributed by atoms with E-state index in [1.165, 1.54) is 18.4 Å². The van der Waals surface area contributed by atoms with Gasteiger partial charge >= 0.3 is 0 Å². The Labute approximate surface area is 104 Å². The van der Waals surface area contributed by atoms with Crippen molar-refractivity contribution in [1.82, 2.24) is 10.2 Å². The van der Waals surface area contributed by atoms with E-state index in [4.69, 9.17) is 11.6 Å². The van der Waals surface area contributed by atoms with Crippen molar-refractivity contribution in [3.8, 4) is 0 Å². The first-order valence-electron chi connectivity index (χ1n) is 5.79. The van der Waals surface area contributed by atoms with Crippen LogP contribution in [-0.4, -0.2) is 32.1 Å². The van der Waals surface area contributed by atoms with Crippen LogP contribution in [0.25, 0.3) is 0 Å². The maximum atomic E-state index is 6.06. The van der Waals surface area contributed by atoms with Crippen LogP contribution in [0.5, 0.6) is 0 Å². The third-order valence-corrected chi connectivity index (χ3v) is 2.85. The summed E-state index contributed by atoms with van der Waals surface area (Å²) in [7, 11) is 4.22. The molecule has 2 nitrogen and oxygen atoms in total. The summed E-state index contributed by atoms with van der Waals surface area (Å²) in [6.07, 6.45) is 2.45. The summed E-state index contributed by atoms with van der Waals surface area (Å²) in [6, 6.07) is 7.98. The Morgan fingerprint density at radius 3 is 2.62 bits per heavy atom. The van der Waals surface area contributed by atoms with Crippen molar-refractivity contribution in [2.45, 2.75) is 19.4 Å².